The summed E-state index contributed by atoms with van der Waals surface area (Å²) in [6.45, 7) is 2.77. The van der Waals surface area contributed by atoms with Crippen LogP contribution in [0.1, 0.15) is 18.5 Å². The number of nitrogens with two attached hydrogens (primary N) is 1. The number of hydrogen-bond donors (Lipinski definition) is 4. The summed E-state index contributed by atoms with van der Waals surface area (Å²) in [5, 5.41) is 21.8. The Hall–Kier alpha value is -2.88. The molecule has 0 spiro atoms. The van der Waals surface area contributed by atoms with Gasteiger partial charge in [-0.2, -0.15) is 13.2 Å². The average Bonchev–Trinajstić information content (AvgIpc) is 3.27. The van der Waals surface area contributed by atoms with Crippen LogP contribution in [0.3, 0.4) is 0 Å². The summed E-state index contributed by atoms with van der Waals surface area (Å²) < 4.78 is 47.1. The molecule has 5 N–H and O–H groups in total. The van der Waals surface area contributed by atoms with E-state index in [1.807, 2.05) is 30.3 Å². The second kappa shape index (κ2) is 14.0. The van der Waals surface area contributed by atoms with Crippen molar-refractivity contribution in [1.82, 2.24) is 9.47 Å². The van der Waals surface area contributed by atoms with E-state index in [4.69, 9.17) is 15.0 Å². The van der Waals surface area contributed by atoms with E-state index in [-0.39, 0.29) is 19.2 Å². The van der Waals surface area contributed by atoms with Crippen molar-refractivity contribution in [3.63, 3.8) is 0 Å². The van der Waals surface area contributed by atoms with Gasteiger partial charge in [-0.25, -0.2) is 0 Å². The van der Waals surface area contributed by atoms with Crippen LogP contribution in [0.25, 0.3) is 10.9 Å². The van der Waals surface area contributed by atoms with Crippen LogP contribution in [0, 0.1) is 11.8 Å². The largest absolute Gasteiger partial charge is 0.406 e. The molecule has 210 valence electrons. The van der Waals surface area contributed by atoms with Gasteiger partial charge in [-0.15, -0.1) is 0 Å². The van der Waals surface area contributed by atoms with E-state index in [1.54, 1.807) is 18.2 Å². The second-order valence-electron chi connectivity index (χ2n) is 9.36. The van der Waals surface area contributed by atoms with Gasteiger partial charge in [0.2, 0.25) is 0 Å². The molecule has 1 aliphatic heterocycles. The lowest BCUT2D eigenvalue weighted by Gasteiger charge is -2.32. The topological polar surface area (TPSA) is 87.7 Å². The van der Waals surface area contributed by atoms with Crippen LogP contribution in [0.15, 0.2) is 53.4 Å². The number of nitrogens with zero attached hydrogens (tertiary/aromatic N) is 2. The Morgan fingerprint density at radius 1 is 1.10 bits per heavy atom. The van der Waals surface area contributed by atoms with Gasteiger partial charge in [0.25, 0.3) is 0 Å². The lowest BCUT2D eigenvalue weighted by atomic mass is 10.0. The zero-order chi connectivity index (χ0) is 27.7. The summed E-state index contributed by atoms with van der Waals surface area (Å²) in [5.41, 5.74) is 2.50. The van der Waals surface area contributed by atoms with Crippen molar-refractivity contribution in [2.45, 2.75) is 36.5 Å². The maximum Gasteiger partial charge on any atom is 0.406 e. The van der Waals surface area contributed by atoms with Gasteiger partial charge >= 0.3 is 6.18 Å². The number of anilines is 2. The molecule has 2 aromatic carbocycles. The fraction of sp³-hybridized carbons (Fsp3) is 0.429. The number of rotatable bonds is 11. The molecular weight excluding hydrogens is 527 g/mol. The Bertz CT molecular complexity index is 1260. The number of nitrogens with one attached hydrogen (secondary N) is 2. The van der Waals surface area contributed by atoms with Crippen LogP contribution in [0.5, 0.6) is 0 Å². The zero-order valence-electron chi connectivity index (χ0n) is 21.6. The summed E-state index contributed by atoms with van der Waals surface area (Å²) in [7, 11) is 0. The van der Waals surface area contributed by atoms with E-state index >= 15 is 0 Å². The molecule has 0 saturated carbocycles. The molecule has 4 rings (SSSR count). The Labute approximate surface area is 231 Å². The zero-order valence-corrected chi connectivity index (χ0v) is 22.5. The summed E-state index contributed by atoms with van der Waals surface area (Å²) >= 11 is 1.16. The van der Waals surface area contributed by atoms with Crippen molar-refractivity contribution >= 4 is 34.2 Å². The van der Waals surface area contributed by atoms with E-state index in [9.17, 15) is 13.2 Å². The highest BCUT2D eigenvalue weighted by Crippen LogP contribution is 2.31. The monoisotopic (exact) mass is 561 g/mol. The van der Waals surface area contributed by atoms with E-state index in [2.05, 4.69) is 27.4 Å². The van der Waals surface area contributed by atoms with Crippen LogP contribution < -0.4 is 15.8 Å². The second-order valence-corrected chi connectivity index (χ2v) is 10.1. The number of likely N-dealkylation sites (tertiary alicyclic amines) is 1. The molecule has 0 amide bonds. The summed E-state index contributed by atoms with van der Waals surface area (Å²) in [6.07, 6.45) is -2.54. The van der Waals surface area contributed by atoms with Gasteiger partial charge in [0.05, 0.1) is 37.6 Å². The van der Waals surface area contributed by atoms with Crippen molar-refractivity contribution < 1.29 is 23.0 Å². The number of piperidine rings is 1. The summed E-state index contributed by atoms with van der Waals surface area (Å²) in [6, 6.07) is 14.9. The van der Waals surface area contributed by atoms with Crippen LogP contribution in [-0.4, -0.2) is 72.8 Å². The molecule has 0 unspecified atom stereocenters. The number of fused-ring (bicyclic) bond motifs is 1. The van der Waals surface area contributed by atoms with Gasteiger partial charge in [0.15, 0.2) is 0 Å². The van der Waals surface area contributed by atoms with Gasteiger partial charge < -0.3 is 29.9 Å². The first-order chi connectivity index (χ1) is 18.9. The molecule has 1 aromatic heterocycles. The number of ether oxygens (including phenoxy) is 1. The van der Waals surface area contributed by atoms with Crippen molar-refractivity contribution in [3.8, 4) is 11.8 Å². The minimum Gasteiger partial charge on any atom is -0.394 e. The van der Waals surface area contributed by atoms with Gasteiger partial charge in [0, 0.05) is 47.3 Å². The molecule has 0 atom stereocenters. The lowest BCUT2D eigenvalue weighted by Crippen LogP contribution is -2.40. The van der Waals surface area contributed by atoms with Crippen LogP contribution >= 0.6 is 11.9 Å². The Kier molecular flexibility index (Phi) is 10.4. The third kappa shape index (κ3) is 8.55. The number of aliphatic hydroxyl groups is 1. The highest BCUT2D eigenvalue weighted by Gasteiger charge is 2.30. The third-order valence-electron chi connectivity index (χ3n) is 6.61. The average molecular weight is 562 g/mol. The van der Waals surface area contributed by atoms with E-state index in [0.717, 1.165) is 66.1 Å². The fourth-order valence-corrected chi connectivity index (χ4v) is 4.97. The molecule has 0 radical (unpaired) electrons. The predicted octanol–water partition coefficient (Wildman–Crippen LogP) is 4.52. The lowest BCUT2D eigenvalue weighted by molar-refractivity contribution is -0.140. The quantitative estimate of drug-likeness (QED) is 0.156. The molecule has 0 bridgehead atoms. The van der Waals surface area contributed by atoms with Gasteiger partial charge in [-0.05, 0) is 73.2 Å². The maximum absolute atomic E-state index is 13.5. The standard InChI is InChI=1S/C28H34F3N5O2S/c29-28(30,31)20-36-23(3-2-12-33-21-6-8-24(39-32)9-7-21)19-25-26(4-1-5-27(25)36)34-22-10-13-35(14-11-22)15-17-38-18-16-37/h1,4-9,19,22,33-34,37H,10-18,20,32H2. The van der Waals surface area contributed by atoms with Crippen molar-refractivity contribution in [3.05, 3.63) is 54.2 Å². The molecule has 0 aliphatic carbocycles. The molecule has 1 aliphatic rings. The molecule has 1 saturated heterocycles. The number of alkyl halides is 3. The minimum absolute atomic E-state index is 0.0236. The fourth-order valence-electron chi connectivity index (χ4n) is 4.68. The number of halogens is 3. The number of benzene rings is 2. The first-order valence-corrected chi connectivity index (χ1v) is 13.8. The van der Waals surface area contributed by atoms with Crippen molar-refractivity contribution in [1.29, 1.82) is 0 Å². The number of aliphatic hydroxyl groups excluding tert-OH is 1. The van der Waals surface area contributed by atoms with Gasteiger partial charge in [-0.3, -0.25) is 5.14 Å². The smallest absolute Gasteiger partial charge is 0.394 e. The van der Waals surface area contributed by atoms with Gasteiger partial charge in [-0.1, -0.05) is 12.0 Å². The molecule has 39 heavy (non-hydrogen) atoms. The first kappa shape index (κ1) is 29.1. The molecular formula is C28H34F3N5O2S. The normalized spacial score (nSPS) is 14.8. The number of aromatic nitrogens is 1. The van der Waals surface area contributed by atoms with Crippen LogP contribution in [0.2, 0.25) is 0 Å². The third-order valence-corrected chi connectivity index (χ3v) is 7.15. The molecule has 2 heterocycles. The Morgan fingerprint density at radius 3 is 2.56 bits per heavy atom. The maximum atomic E-state index is 13.5. The van der Waals surface area contributed by atoms with E-state index < -0.39 is 12.7 Å². The van der Waals surface area contributed by atoms with Crippen LogP contribution in [-0.2, 0) is 11.3 Å². The van der Waals surface area contributed by atoms with E-state index in [1.165, 1.54) is 4.57 Å². The van der Waals surface area contributed by atoms with Crippen molar-refractivity contribution in [2.24, 2.45) is 5.14 Å². The van der Waals surface area contributed by atoms with Crippen LogP contribution in [0.4, 0.5) is 24.5 Å². The molecule has 11 heteroatoms. The summed E-state index contributed by atoms with van der Waals surface area (Å²) in [4.78, 5) is 3.26. The van der Waals surface area contributed by atoms with Gasteiger partial charge in [0.1, 0.15) is 6.54 Å². The molecule has 3 aromatic rings. The van der Waals surface area contributed by atoms with Crippen molar-refractivity contribution in [2.75, 3.05) is 56.6 Å². The Balaban J connectivity index is 1.45. The Morgan fingerprint density at radius 2 is 1.87 bits per heavy atom. The molecule has 1 fully saturated rings. The predicted molar refractivity (Wildman–Crippen MR) is 151 cm³/mol. The first-order valence-electron chi connectivity index (χ1n) is 12.9. The molecule has 7 nitrogen and oxygen atoms in total. The SMILES string of the molecule is NSc1ccc(NCC#Cc2cc3c(NC4CCN(CCOCCO)CC4)cccc3n2CC(F)(F)F)cc1. The summed E-state index contributed by atoms with van der Waals surface area (Å²) in [5.74, 6) is 5.91. The minimum atomic E-state index is -4.37. The highest BCUT2D eigenvalue weighted by atomic mass is 32.2. The van der Waals surface area contributed by atoms with E-state index in [0.29, 0.717) is 24.4 Å². The number of hydrogen-bond acceptors (Lipinski definition) is 7. The highest BCUT2D eigenvalue weighted by molar-refractivity contribution is 7.97.